The van der Waals surface area contributed by atoms with Crippen LogP contribution in [0.4, 0.5) is 4.79 Å². The maximum Gasteiger partial charge on any atom is 0.413 e. The zero-order valence-electron chi connectivity index (χ0n) is 9.17. The molecule has 2 rings (SSSR count). The summed E-state index contributed by atoms with van der Waals surface area (Å²) < 4.78 is 27.2. The molecule has 0 radical (unpaired) electrons. The third kappa shape index (κ3) is 3.48. The molecule has 0 bridgehead atoms. The van der Waals surface area contributed by atoms with E-state index in [1.54, 1.807) is 24.3 Å². The van der Waals surface area contributed by atoms with Gasteiger partial charge in [-0.3, -0.25) is 0 Å². The summed E-state index contributed by atoms with van der Waals surface area (Å²) in [6.07, 6.45) is 0.711. The molecule has 1 aliphatic rings. The van der Waals surface area contributed by atoms with E-state index in [-0.39, 0.29) is 5.75 Å². The van der Waals surface area contributed by atoms with Crippen LogP contribution in [0.1, 0.15) is 0 Å². The van der Waals surface area contributed by atoms with Gasteiger partial charge in [-0.05, 0) is 30.3 Å². The molecular weight excluding hydrogens is 278 g/mol. The number of amides is 1. The number of carbonyl (C=O) groups excluding carboxylic acids is 1. The van der Waals surface area contributed by atoms with Gasteiger partial charge in [0.25, 0.3) is 0 Å². The van der Waals surface area contributed by atoms with Crippen molar-refractivity contribution in [1.29, 1.82) is 0 Å². The minimum atomic E-state index is -3.19. The highest BCUT2D eigenvalue weighted by atomic mass is 35.5. The van der Waals surface area contributed by atoms with Gasteiger partial charge in [-0.1, -0.05) is 11.6 Å². The number of halogens is 1. The standard InChI is InChI=1S/C11H10ClNO4S/c12-8-1-3-10(4-2-8)17-11(14)13-9-5-6-18(15,16)7-9/h1-6,9H,7H2,(H,13,14). The number of hydrogen-bond donors (Lipinski definition) is 1. The molecule has 1 unspecified atom stereocenters. The summed E-state index contributed by atoms with van der Waals surface area (Å²) in [5, 5.41) is 4.06. The average molecular weight is 288 g/mol. The minimum absolute atomic E-state index is 0.136. The summed E-state index contributed by atoms with van der Waals surface area (Å²) in [7, 11) is -3.19. The Hall–Kier alpha value is -1.53. The first-order valence-electron chi connectivity index (χ1n) is 5.09. The average Bonchev–Trinajstić information content (AvgIpc) is 2.61. The maximum atomic E-state index is 11.5. The molecule has 1 atom stereocenters. The third-order valence-corrected chi connectivity index (χ3v) is 3.91. The normalized spacial score (nSPS) is 20.6. The van der Waals surface area contributed by atoms with Gasteiger partial charge in [-0.15, -0.1) is 0 Å². The molecular formula is C11H10ClNO4S. The molecule has 1 N–H and O–H groups in total. The fourth-order valence-electron chi connectivity index (χ4n) is 1.46. The van der Waals surface area contributed by atoms with Crippen LogP contribution in [0.3, 0.4) is 0 Å². The van der Waals surface area contributed by atoms with Crippen molar-refractivity contribution in [1.82, 2.24) is 5.32 Å². The van der Waals surface area contributed by atoms with Gasteiger partial charge in [-0.2, -0.15) is 0 Å². The van der Waals surface area contributed by atoms with E-state index in [2.05, 4.69) is 5.32 Å². The van der Waals surface area contributed by atoms with E-state index in [4.69, 9.17) is 16.3 Å². The smallest absolute Gasteiger partial charge is 0.410 e. The van der Waals surface area contributed by atoms with Gasteiger partial charge in [0.15, 0.2) is 9.84 Å². The zero-order valence-corrected chi connectivity index (χ0v) is 10.7. The van der Waals surface area contributed by atoms with E-state index >= 15 is 0 Å². The molecule has 1 heterocycles. The summed E-state index contributed by atoms with van der Waals surface area (Å²) in [6.45, 7) is 0. The maximum absolute atomic E-state index is 11.5. The Morgan fingerprint density at radius 3 is 2.56 bits per heavy atom. The van der Waals surface area contributed by atoms with Crippen LogP contribution in [-0.2, 0) is 9.84 Å². The highest BCUT2D eigenvalue weighted by Gasteiger charge is 2.23. The van der Waals surface area contributed by atoms with E-state index in [9.17, 15) is 13.2 Å². The highest BCUT2D eigenvalue weighted by Crippen LogP contribution is 2.16. The first-order chi connectivity index (χ1) is 8.44. The van der Waals surface area contributed by atoms with Crippen LogP contribution in [-0.4, -0.2) is 26.3 Å². The highest BCUT2D eigenvalue weighted by molar-refractivity contribution is 7.94. The Labute approximate surface area is 109 Å². The number of hydrogen-bond acceptors (Lipinski definition) is 4. The number of carbonyl (C=O) groups is 1. The quantitative estimate of drug-likeness (QED) is 0.899. The van der Waals surface area contributed by atoms with E-state index in [0.717, 1.165) is 5.41 Å². The third-order valence-electron chi connectivity index (χ3n) is 2.26. The topological polar surface area (TPSA) is 72.5 Å². The second kappa shape index (κ2) is 4.99. The Morgan fingerprint density at radius 1 is 1.33 bits per heavy atom. The lowest BCUT2D eigenvalue weighted by atomic mass is 10.3. The second-order valence-electron chi connectivity index (χ2n) is 3.75. The summed E-state index contributed by atoms with van der Waals surface area (Å²) >= 11 is 5.69. The summed E-state index contributed by atoms with van der Waals surface area (Å²) in [5.74, 6) is 0.199. The van der Waals surface area contributed by atoms with Crippen LogP contribution < -0.4 is 10.1 Å². The van der Waals surface area contributed by atoms with Gasteiger partial charge in [0.05, 0.1) is 11.8 Å². The monoisotopic (exact) mass is 287 g/mol. The predicted molar refractivity (Wildman–Crippen MR) is 67.3 cm³/mol. The van der Waals surface area contributed by atoms with Crippen molar-refractivity contribution in [2.75, 3.05) is 5.75 Å². The lowest BCUT2D eigenvalue weighted by molar-refractivity contribution is 0.199. The number of benzene rings is 1. The lowest BCUT2D eigenvalue weighted by Crippen LogP contribution is -2.37. The van der Waals surface area contributed by atoms with Crippen LogP contribution in [0.2, 0.25) is 5.02 Å². The van der Waals surface area contributed by atoms with Crippen molar-refractivity contribution < 1.29 is 17.9 Å². The Kier molecular flexibility index (Phi) is 3.58. The van der Waals surface area contributed by atoms with Gasteiger partial charge in [-0.25, -0.2) is 13.2 Å². The van der Waals surface area contributed by atoms with Crippen LogP contribution in [0.5, 0.6) is 5.75 Å². The van der Waals surface area contributed by atoms with Crippen molar-refractivity contribution in [3.8, 4) is 5.75 Å². The number of nitrogens with one attached hydrogen (secondary N) is 1. The van der Waals surface area contributed by atoms with Gasteiger partial charge in [0.2, 0.25) is 0 Å². The van der Waals surface area contributed by atoms with Gasteiger partial charge in [0, 0.05) is 10.4 Å². The van der Waals surface area contributed by atoms with Crippen LogP contribution in [0.15, 0.2) is 35.7 Å². The summed E-state index contributed by atoms with van der Waals surface area (Å²) in [4.78, 5) is 11.5. The molecule has 0 fully saturated rings. The number of rotatable bonds is 2. The molecule has 0 saturated carbocycles. The summed E-state index contributed by atoms with van der Waals surface area (Å²) in [5.41, 5.74) is 0. The van der Waals surface area contributed by atoms with E-state index in [0.29, 0.717) is 10.8 Å². The van der Waals surface area contributed by atoms with Crippen molar-refractivity contribution >= 4 is 27.5 Å². The van der Waals surface area contributed by atoms with Gasteiger partial charge < -0.3 is 10.1 Å². The van der Waals surface area contributed by atoms with Crippen molar-refractivity contribution in [2.45, 2.75) is 6.04 Å². The second-order valence-corrected chi connectivity index (χ2v) is 6.12. The number of sulfone groups is 1. The molecule has 1 aromatic rings. The zero-order chi connectivity index (χ0) is 13.2. The summed E-state index contributed by atoms with van der Waals surface area (Å²) in [6, 6.07) is 5.72. The van der Waals surface area contributed by atoms with Crippen molar-refractivity contribution in [3.63, 3.8) is 0 Å². The fourth-order valence-corrected chi connectivity index (χ4v) is 2.82. The molecule has 18 heavy (non-hydrogen) atoms. The van der Waals surface area contributed by atoms with Crippen molar-refractivity contribution in [3.05, 3.63) is 40.8 Å². The van der Waals surface area contributed by atoms with Crippen LogP contribution in [0, 0.1) is 0 Å². The molecule has 1 amide bonds. The lowest BCUT2D eigenvalue weighted by Gasteiger charge is -2.10. The van der Waals surface area contributed by atoms with Crippen LogP contribution in [0.25, 0.3) is 0 Å². The molecule has 0 aromatic heterocycles. The molecule has 0 spiro atoms. The largest absolute Gasteiger partial charge is 0.413 e. The molecule has 7 heteroatoms. The Bertz CT molecular complexity index is 580. The minimum Gasteiger partial charge on any atom is -0.410 e. The Balaban J connectivity index is 1.90. The molecule has 1 aromatic carbocycles. The van der Waals surface area contributed by atoms with Crippen molar-refractivity contribution in [2.24, 2.45) is 0 Å². The Morgan fingerprint density at radius 2 is 2.00 bits per heavy atom. The molecule has 1 aliphatic heterocycles. The number of ether oxygens (including phenoxy) is 1. The van der Waals surface area contributed by atoms with E-state index in [1.165, 1.54) is 6.08 Å². The predicted octanol–water partition coefficient (Wildman–Crippen LogP) is 1.74. The van der Waals surface area contributed by atoms with Gasteiger partial charge >= 0.3 is 6.09 Å². The first-order valence-corrected chi connectivity index (χ1v) is 7.19. The molecule has 96 valence electrons. The van der Waals surface area contributed by atoms with E-state index in [1.807, 2.05) is 0 Å². The van der Waals surface area contributed by atoms with Crippen LogP contribution >= 0.6 is 11.6 Å². The first kappa shape index (κ1) is 12.9. The van der Waals surface area contributed by atoms with Gasteiger partial charge in [0.1, 0.15) is 5.75 Å². The molecule has 5 nitrogen and oxygen atoms in total. The SMILES string of the molecule is O=C(NC1C=CS(=O)(=O)C1)Oc1ccc(Cl)cc1. The van der Waals surface area contributed by atoms with E-state index < -0.39 is 22.0 Å². The fraction of sp³-hybridized carbons (Fsp3) is 0.182. The molecule has 0 aliphatic carbocycles. The molecule has 0 saturated heterocycles.